The van der Waals surface area contributed by atoms with E-state index in [0.717, 1.165) is 5.56 Å². The molecule has 4 heteroatoms. The van der Waals surface area contributed by atoms with Crippen LogP contribution >= 0.6 is 0 Å². The highest BCUT2D eigenvalue weighted by molar-refractivity contribution is 5.95. The van der Waals surface area contributed by atoms with Gasteiger partial charge in [-0.05, 0) is 5.56 Å². The van der Waals surface area contributed by atoms with E-state index < -0.39 is 5.97 Å². The largest absolute Gasteiger partial charge is 0.466 e. The van der Waals surface area contributed by atoms with E-state index in [0.29, 0.717) is 5.70 Å². The van der Waals surface area contributed by atoms with Gasteiger partial charge in [0, 0.05) is 13.0 Å². The van der Waals surface area contributed by atoms with Crippen molar-refractivity contribution in [2.75, 3.05) is 7.11 Å². The Bertz CT molecular complexity index is 410. The normalized spacial score (nSPS) is 10.8. The van der Waals surface area contributed by atoms with Gasteiger partial charge in [0.1, 0.15) is 0 Å². The van der Waals surface area contributed by atoms with E-state index >= 15 is 0 Å². The highest BCUT2D eigenvalue weighted by Crippen LogP contribution is 2.10. The molecule has 0 aliphatic rings. The molecule has 16 heavy (non-hydrogen) atoms. The molecule has 0 aliphatic carbocycles. The lowest BCUT2D eigenvalue weighted by atomic mass is 10.1. The second-order valence-corrected chi connectivity index (χ2v) is 3.13. The second kappa shape index (κ2) is 5.70. The maximum absolute atomic E-state index is 11.1. The Morgan fingerprint density at radius 2 is 1.88 bits per heavy atom. The minimum absolute atomic E-state index is 0.237. The Morgan fingerprint density at radius 3 is 2.38 bits per heavy atom. The van der Waals surface area contributed by atoms with E-state index in [-0.39, 0.29) is 5.91 Å². The number of carbonyl (C=O) groups excluding carboxylic acids is 2. The Labute approximate surface area is 93.9 Å². The van der Waals surface area contributed by atoms with E-state index in [1.807, 2.05) is 18.2 Å². The molecule has 0 heterocycles. The Kier molecular flexibility index (Phi) is 4.27. The number of benzene rings is 1. The lowest BCUT2D eigenvalue weighted by Gasteiger charge is -2.07. The summed E-state index contributed by atoms with van der Waals surface area (Å²) in [6.07, 6.45) is 1.25. The van der Waals surface area contributed by atoms with Crippen molar-refractivity contribution in [3.63, 3.8) is 0 Å². The predicted octanol–water partition coefficient (Wildman–Crippen LogP) is 1.34. The molecule has 0 unspecified atom stereocenters. The number of esters is 1. The Morgan fingerprint density at radius 1 is 1.25 bits per heavy atom. The number of hydrogen-bond acceptors (Lipinski definition) is 3. The monoisotopic (exact) mass is 219 g/mol. The molecular formula is C12H13NO3. The van der Waals surface area contributed by atoms with Gasteiger partial charge in [-0.2, -0.15) is 0 Å². The summed E-state index contributed by atoms with van der Waals surface area (Å²) >= 11 is 0. The molecule has 0 fully saturated rings. The first-order valence-electron chi connectivity index (χ1n) is 4.76. The molecule has 1 N–H and O–H groups in total. The van der Waals surface area contributed by atoms with Gasteiger partial charge < -0.3 is 10.1 Å². The molecule has 84 valence electrons. The number of carbonyl (C=O) groups is 2. The molecule has 4 nitrogen and oxygen atoms in total. The third-order valence-electron chi connectivity index (χ3n) is 1.86. The third kappa shape index (κ3) is 3.57. The molecule has 1 amide bonds. The molecule has 1 aromatic carbocycles. The summed E-state index contributed by atoms with van der Waals surface area (Å²) in [5.41, 5.74) is 1.18. The van der Waals surface area contributed by atoms with E-state index in [9.17, 15) is 9.59 Å². The van der Waals surface area contributed by atoms with Crippen LogP contribution in [0, 0.1) is 0 Å². The molecule has 0 spiro atoms. The Balaban J connectivity index is 3.01. The molecule has 0 aromatic heterocycles. The summed E-state index contributed by atoms with van der Waals surface area (Å²) in [5, 5.41) is 2.58. The van der Waals surface area contributed by atoms with Crippen LogP contribution in [0.4, 0.5) is 0 Å². The molecule has 0 aliphatic heterocycles. The molecule has 0 bridgehead atoms. The van der Waals surface area contributed by atoms with Crippen LogP contribution in [0.5, 0.6) is 0 Å². The standard InChI is InChI=1S/C12H13NO3/c1-9(14)13-11(8-12(15)16-2)10-6-4-3-5-7-10/h3-8H,1-2H3,(H,13,14). The summed E-state index contributed by atoms with van der Waals surface area (Å²) in [6.45, 7) is 1.38. The number of ether oxygens (including phenoxy) is 1. The predicted molar refractivity (Wildman–Crippen MR) is 60.3 cm³/mol. The van der Waals surface area contributed by atoms with Gasteiger partial charge in [-0.1, -0.05) is 30.3 Å². The molecule has 0 radical (unpaired) electrons. The topological polar surface area (TPSA) is 55.4 Å². The zero-order valence-electron chi connectivity index (χ0n) is 9.19. The quantitative estimate of drug-likeness (QED) is 0.616. The lowest BCUT2D eigenvalue weighted by Crippen LogP contribution is -2.19. The average molecular weight is 219 g/mol. The van der Waals surface area contributed by atoms with E-state index in [1.54, 1.807) is 12.1 Å². The van der Waals surface area contributed by atoms with Gasteiger partial charge in [-0.15, -0.1) is 0 Å². The maximum atomic E-state index is 11.1. The van der Waals surface area contributed by atoms with Crippen LogP contribution in [0.25, 0.3) is 5.70 Å². The summed E-state index contributed by atoms with van der Waals surface area (Å²) in [7, 11) is 1.29. The highest BCUT2D eigenvalue weighted by Gasteiger charge is 2.05. The van der Waals surface area contributed by atoms with Crippen LogP contribution in [0.15, 0.2) is 36.4 Å². The van der Waals surface area contributed by atoms with Crippen molar-refractivity contribution in [3.05, 3.63) is 42.0 Å². The van der Waals surface area contributed by atoms with Crippen LogP contribution < -0.4 is 5.32 Å². The zero-order chi connectivity index (χ0) is 12.0. The summed E-state index contributed by atoms with van der Waals surface area (Å²) in [4.78, 5) is 22.1. The van der Waals surface area contributed by atoms with Gasteiger partial charge in [-0.25, -0.2) is 4.79 Å². The van der Waals surface area contributed by atoms with Crippen molar-refractivity contribution >= 4 is 17.6 Å². The van der Waals surface area contributed by atoms with Crippen LogP contribution in [-0.4, -0.2) is 19.0 Å². The fourth-order valence-electron chi connectivity index (χ4n) is 1.18. The van der Waals surface area contributed by atoms with Gasteiger partial charge in [-0.3, -0.25) is 4.79 Å². The van der Waals surface area contributed by atoms with E-state index in [1.165, 1.54) is 20.1 Å². The average Bonchev–Trinajstić information content (AvgIpc) is 2.28. The molecule has 1 aromatic rings. The first-order valence-corrected chi connectivity index (χ1v) is 4.76. The first-order chi connectivity index (χ1) is 7.63. The van der Waals surface area contributed by atoms with E-state index in [4.69, 9.17) is 0 Å². The van der Waals surface area contributed by atoms with Crippen molar-refractivity contribution in [2.45, 2.75) is 6.92 Å². The van der Waals surface area contributed by atoms with Crippen molar-refractivity contribution in [1.82, 2.24) is 5.32 Å². The van der Waals surface area contributed by atoms with Crippen molar-refractivity contribution in [1.29, 1.82) is 0 Å². The van der Waals surface area contributed by atoms with Crippen LogP contribution in [0.2, 0.25) is 0 Å². The number of amides is 1. The van der Waals surface area contributed by atoms with E-state index in [2.05, 4.69) is 10.1 Å². The highest BCUT2D eigenvalue weighted by atomic mass is 16.5. The molecule has 1 rings (SSSR count). The van der Waals surface area contributed by atoms with Crippen molar-refractivity contribution in [2.24, 2.45) is 0 Å². The van der Waals surface area contributed by atoms with Crippen LogP contribution in [0.1, 0.15) is 12.5 Å². The van der Waals surface area contributed by atoms with Gasteiger partial charge in [0.25, 0.3) is 0 Å². The van der Waals surface area contributed by atoms with Gasteiger partial charge in [0.2, 0.25) is 5.91 Å². The number of nitrogens with one attached hydrogen (secondary N) is 1. The van der Waals surface area contributed by atoms with Gasteiger partial charge in [0.05, 0.1) is 12.8 Å². The molecule has 0 saturated heterocycles. The van der Waals surface area contributed by atoms with Crippen LogP contribution in [-0.2, 0) is 14.3 Å². The number of methoxy groups -OCH3 is 1. The molecule has 0 saturated carbocycles. The molecular weight excluding hydrogens is 206 g/mol. The lowest BCUT2D eigenvalue weighted by molar-refractivity contribution is -0.134. The SMILES string of the molecule is COC(=O)C=C(NC(C)=O)c1ccccc1. The zero-order valence-corrected chi connectivity index (χ0v) is 9.19. The second-order valence-electron chi connectivity index (χ2n) is 3.13. The van der Waals surface area contributed by atoms with Crippen LogP contribution in [0.3, 0.4) is 0 Å². The summed E-state index contributed by atoms with van der Waals surface area (Å²) < 4.78 is 4.52. The maximum Gasteiger partial charge on any atom is 0.332 e. The Hall–Kier alpha value is -2.10. The minimum Gasteiger partial charge on any atom is -0.466 e. The van der Waals surface area contributed by atoms with Gasteiger partial charge >= 0.3 is 5.97 Å². The molecule has 0 atom stereocenters. The fourth-order valence-corrected chi connectivity index (χ4v) is 1.18. The summed E-state index contributed by atoms with van der Waals surface area (Å²) in [5.74, 6) is -0.744. The van der Waals surface area contributed by atoms with Crippen molar-refractivity contribution < 1.29 is 14.3 Å². The minimum atomic E-state index is -0.507. The fraction of sp³-hybridized carbons (Fsp3) is 0.167. The first kappa shape index (κ1) is 12.0. The third-order valence-corrected chi connectivity index (χ3v) is 1.86. The smallest absolute Gasteiger partial charge is 0.332 e. The van der Waals surface area contributed by atoms with Crippen molar-refractivity contribution in [3.8, 4) is 0 Å². The summed E-state index contributed by atoms with van der Waals surface area (Å²) in [6, 6.07) is 9.09. The van der Waals surface area contributed by atoms with Gasteiger partial charge in [0.15, 0.2) is 0 Å². The number of rotatable bonds is 3. The number of hydrogen-bond donors (Lipinski definition) is 1.